The van der Waals surface area contributed by atoms with E-state index in [1.54, 1.807) is 13.4 Å². The molecule has 1 aromatic heterocycles. The van der Waals surface area contributed by atoms with Crippen LogP contribution < -0.4 is 10.2 Å². The van der Waals surface area contributed by atoms with Gasteiger partial charge in [0, 0.05) is 6.20 Å². The van der Waals surface area contributed by atoms with Gasteiger partial charge in [0.05, 0.1) is 31.4 Å². The fraction of sp³-hybridized carbons (Fsp3) is 0.294. The highest BCUT2D eigenvalue weighted by Crippen LogP contribution is 2.26. The SMILES string of the molecule is COc1cc(/C=C2\O[C@H](C)CN=C2NO)ccc1-n1cnc(C)c1. The molecule has 0 unspecified atom stereocenters. The molecule has 2 N–H and O–H groups in total. The zero-order chi connectivity index (χ0) is 17.1. The molecule has 7 nitrogen and oxygen atoms in total. The first-order valence-electron chi connectivity index (χ1n) is 7.63. The highest BCUT2D eigenvalue weighted by molar-refractivity contribution is 6.00. The summed E-state index contributed by atoms with van der Waals surface area (Å²) in [4.78, 5) is 8.47. The van der Waals surface area contributed by atoms with Gasteiger partial charge in [-0.15, -0.1) is 0 Å². The van der Waals surface area contributed by atoms with Crippen LogP contribution in [0.2, 0.25) is 0 Å². The Morgan fingerprint density at radius 2 is 2.29 bits per heavy atom. The summed E-state index contributed by atoms with van der Waals surface area (Å²) in [5.41, 5.74) is 4.78. The van der Waals surface area contributed by atoms with Crippen molar-refractivity contribution in [3.05, 3.63) is 47.7 Å². The standard InChI is InChI=1S/C17H20N4O3/c1-11-9-21(10-19-11)14-5-4-13(6-15(14)23-3)7-16-17(20-22)18-8-12(2)24-16/h4-7,9-10,12,22H,8H2,1-3H3,(H,18,20)/b16-7-/t12-/m1/s1. The van der Waals surface area contributed by atoms with E-state index in [1.807, 2.05) is 48.9 Å². The number of aliphatic imine (C=N–C) groups is 1. The lowest BCUT2D eigenvalue weighted by molar-refractivity contribution is 0.136. The number of benzene rings is 1. The highest BCUT2D eigenvalue weighted by atomic mass is 16.5. The van der Waals surface area contributed by atoms with Crippen molar-refractivity contribution in [3.63, 3.8) is 0 Å². The van der Waals surface area contributed by atoms with Gasteiger partial charge in [-0.1, -0.05) is 6.07 Å². The summed E-state index contributed by atoms with van der Waals surface area (Å²) in [6, 6.07) is 5.79. The lowest BCUT2D eigenvalue weighted by Gasteiger charge is -2.22. The fourth-order valence-corrected chi connectivity index (χ4v) is 2.50. The van der Waals surface area contributed by atoms with Gasteiger partial charge in [-0.2, -0.15) is 0 Å². The largest absolute Gasteiger partial charge is 0.495 e. The summed E-state index contributed by atoms with van der Waals surface area (Å²) in [6.45, 7) is 4.37. The zero-order valence-corrected chi connectivity index (χ0v) is 13.9. The average molecular weight is 328 g/mol. The quantitative estimate of drug-likeness (QED) is 0.845. The smallest absolute Gasteiger partial charge is 0.188 e. The molecule has 24 heavy (non-hydrogen) atoms. The summed E-state index contributed by atoms with van der Waals surface area (Å²) < 4.78 is 13.1. The number of amidine groups is 1. The van der Waals surface area contributed by atoms with Crippen LogP contribution in [0.15, 0.2) is 41.5 Å². The van der Waals surface area contributed by atoms with E-state index in [0.717, 1.165) is 16.9 Å². The molecular weight excluding hydrogens is 308 g/mol. The molecule has 0 saturated carbocycles. The number of nitrogens with one attached hydrogen (secondary N) is 1. The molecule has 1 aromatic carbocycles. The Balaban J connectivity index is 1.96. The Kier molecular flexibility index (Phi) is 4.52. The lowest BCUT2D eigenvalue weighted by atomic mass is 10.1. The summed E-state index contributed by atoms with van der Waals surface area (Å²) in [6.07, 6.45) is 5.45. The highest BCUT2D eigenvalue weighted by Gasteiger charge is 2.18. The van der Waals surface area contributed by atoms with E-state index < -0.39 is 0 Å². The van der Waals surface area contributed by atoms with Crippen LogP contribution in [0.5, 0.6) is 5.75 Å². The number of nitrogens with zero attached hydrogens (tertiary/aromatic N) is 3. The number of hydrogen-bond acceptors (Lipinski definition) is 6. The van der Waals surface area contributed by atoms with Crippen LogP contribution in [0.4, 0.5) is 0 Å². The first-order valence-corrected chi connectivity index (χ1v) is 7.63. The minimum Gasteiger partial charge on any atom is -0.495 e. The van der Waals surface area contributed by atoms with Crippen LogP contribution in [0.1, 0.15) is 18.2 Å². The predicted octanol–water partition coefficient (Wildman–Crippen LogP) is 2.33. The molecule has 3 rings (SSSR count). The molecule has 7 heteroatoms. The molecule has 2 heterocycles. The van der Waals surface area contributed by atoms with Gasteiger partial charge in [0.15, 0.2) is 11.6 Å². The van der Waals surface area contributed by atoms with Crippen molar-refractivity contribution in [2.45, 2.75) is 20.0 Å². The van der Waals surface area contributed by atoms with Crippen LogP contribution in [0.25, 0.3) is 11.8 Å². The maximum Gasteiger partial charge on any atom is 0.188 e. The summed E-state index contributed by atoms with van der Waals surface area (Å²) >= 11 is 0. The fourth-order valence-electron chi connectivity index (χ4n) is 2.50. The Morgan fingerprint density at radius 3 is 2.96 bits per heavy atom. The maximum absolute atomic E-state index is 9.18. The second-order valence-corrected chi connectivity index (χ2v) is 5.59. The normalized spacial score (nSPS) is 18.9. The topological polar surface area (TPSA) is 80.9 Å². The van der Waals surface area contributed by atoms with Crippen molar-refractivity contribution in [2.75, 3.05) is 13.7 Å². The molecule has 1 aliphatic rings. The first-order chi connectivity index (χ1) is 11.6. The van der Waals surface area contributed by atoms with E-state index in [2.05, 4.69) is 15.5 Å². The average Bonchev–Trinajstić information content (AvgIpc) is 3.01. The van der Waals surface area contributed by atoms with Crippen molar-refractivity contribution in [1.29, 1.82) is 0 Å². The van der Waals surface area contributed by atoms with Gasteiger partial charge in [-0.25, -0.2) is 10.5 Å². The minimum atomic E-state index is -0.0385. The number of hydroxylamine groups is 1. The van der Waals surface area contributed by atoms with Crippen molar-refractivity contribution in [2.24, 2.45) is 4.99 Å². The van der Waals surface area contributed by atoms with E-state index in [0.29, 0.717) is 23.9 Å². The van der Waals surface area contributed by atoms with Crippen molar-refractivity contribution in [1.82, 2.24) is 15.0 Å². The van der Waals surface area contributed by atoms with Crippen molar-refractivity contribution < 1.29 is 14.7 Å². The summed E-state index contributed by atoms with van der Waals surface area (Å²) in [5.74, 6) is 1.52. The number of rotatable bonds is 3. The van der Waals surface area contributed by atoms with Crippen molar-refractivity contribution >= 4 is 11.9 Å². The Labute approximate surface area is 140 Å². The maximum atomic E-state index is 9.18. The molecule has 0 aliphatic carbocycles. The second kappa shape index (κ2) is 6.76. The van der Waals surface area contributed by atoms with Gasteiger partial charge in [0.1, 0.15) is 11.9 Å². The minimum absolute atomic E-state index is 0.0385. The molecule has 2 aromatic rings. The van der Waals surface area contributed by atoms with Crippen LogP contribution >= 0.6 is 0 Å². The Hall–Kier alpha value is -2.80. The van der Waals surface area contributed by atoms with Crippen LogP contribution in [-0.2, 0) is 4.74 Å². The number of imidazole rings is 1. The summed E-state index contributed by atoms with van der Waals surface area (Å²) in [5, 5.41) is 9.18. The number of aryl methyl sites for hydroxylation is 1. The first kappa shape index (κ1) is 16.1. The van der Waals surface area contributed by atoms with E-state index in [4.69, 9.17) is 9.47 Å². The molecule has 0 fully saturated rings. The van der Waals surface area contributed by atoms with Gasteiger partial charge in [0.2, 0.25) is 0 Å². The summed E-state index contributed by atoms with van der Waals surface area (Å²) in [7, 11) is 1.63. The molecule has 1 aliphatic heterocycles. The molecular formula is C17H20N4O3. The van der Waals surface area contributed by atoms with Crippen LogP contribution in [-0.4, -0.2) is 40.4 Å². The van der Waals surface area contributed by atoms with E-state index in [9.17, 15) is 5.21 Å². The number of aromatic nitrogens is 2. The number of methoxy groups -OCH3 is 1. The third-order valence-electron chi connectivity index (χ3n) is 3.67. The third kappa shape index (κ3) is 3.26. The van der Waals surface area contributed by atoms with E-state index in [-0.39, 0.29) is 6.10 Å². The molecule has 0 spiro atoms. The van der Waals surface area contributed by atoms with Crippen LogP contribution in [0.3, 0.4) is 0 Å². The van der Waals surface area contributed by atoms with Gasteiger partial charge in [-0.05, 0) is 37.6 Å². The Morgan fingerprint density at radius 1 is 1.46 bits per heavy atom. The molecule has 0 bridgehead atoms. The zero-order valence-electron chi connectivity index (χ0n) is 13.9. The van der Waals surface area contributed by atoms with Crippen LogP contribution in [0, 0.1) is 6.92 Å². The predicted molar refractivity (Wildman–Crippen MR) is 90.6 cm³/mol. The van der Waals surface area contributed by atoms with Gasteiger partial charge in [-0.3, -0.25) is 10.2 Å². The second-order valence-electron chi connectivity index (χ2n) is 5.59. The molecule has 126 valence electrons. The number of ether oxygens (including phenoxy) is 2. The van der Waals surface area contributed by atoms with Gasteiger partial charge >= 0.3 is 0 Å². The monoisotopic (exact) mass is 328 g/mol. The van der Waals surface area contributed by atoms with E-state index >= 15 is 0 Å². The van der Waals surface area contributed by atoms with Gasteiger partial charge < -0.3 is 14.0 Å². The third-order valence-corrected chi connectivity index (χ3v) is 3.67. The molecule has 1 atom stereocenters. The molecule has 0 amide bonds. The van der Waals surface area contributed by atoms with Gasteiger partial charge in [0.25, 0.3) is 0 Å². The van der Waals surface area contributed by atoms with E-state index in [1.165, 1.54) is 0 Å². The van der Waals surface area contributed by atoms with Crippen molar-refractivity contribution in [3.8, 4) is 11.4 Å². The molecule has 0 radical (unpaired) electrons. The Bertz CT molecular complexity index is 795. The number of hydrogen-bond donors (Lipinski definition) is 2. The molecule has 0 saturated heterocycles. The lowest BCUT2D eigenvalue weighted by Crippen LogP contribution is -2.31.